The second-order valence-corrected chi connectivity index (χ2v) is 4.61. The van der Waals surface area contributed by atoms with Gasteiger partial charge in [-0.05, 0) is 17.7 Å². The van der Waals surface area contributed by atoms with E-state index in [4.69, 9.17) is 17.3 Å². The molecule has 0 saturated heterocycles. The summed E-state index contributed by atoms with van der Waals surface area (Å²) in [7, 11) is 3.35. The molecular formula is C11H12ClF5N2. The molecule has 8 heteroatoms. The summed E-state index contributed by atoms with van der Waals surface area (Å²) in [6, 6.07) is 1.18. The Bertz CT molecular complexity index is 459. The number of hydrogen-bond acceptors (Lipinski definition) is 2. The van der Waals surface area contributed by atoms with E-state index >= 15 is 0 Å². The van der Waals surface area contributed by atoms with Gasteiger partial charge in [0.2, 0.25) is 0 Å². The molecule has 1 atom stereocenters. The van der Waals surface area contributed by atoms with Gasteiger partial charge in [0.1, 0.15) is 6.04 Å². The normalized spacial score (nSPS) is 14.4. The number of benzene rings is 1. The molecule has 0 amide bonds. The minimum absolute atomic E-state index is 0.234. The lowest BCUT2D eigenvalue weighted by molar-refractivity contribution is -0.290. The van der Waals surface area contributed by atoms with Gasteiger partial charge in [0.05, 0.1) is 0 Å². The van der Waals surface area contributed by atoms with Gasteiger partial charge in [-0.25, -0.2) is 0 Å². The summed E-state index contributed by atoms with van der Waals surface area (Å²) in [5.74, 6) is -5.05. The number of anilines is 1. The van der Waals surface area contributed by atoms with Crippen molar-refractivity contribution in [3.8, 4) is 0 Å². The smallest absolute Gasteiger partial charge is 0.378 e. The van der Waals surface area contributed by atoms with Gasteiger partial charge >= 0.3 is 12.1 Å². The molecule has 0 aliphatic carbocycles. The van der Waals surface area contributed by atoms with Crippen LogP contribution in [0.3, 0.4) is 0 Å². The first-order valence-electron chi connectivity index (χ1n) is 5.15. The molecule has 0 aromatic heterocycles. The van der Waals surface area contributed by atoms with E-state index in [0.717, 1.165) is 6.07 Å². The zero-order valence-electron chi connectivity index (χ0n) is 10.1. The fourth-order valence-corrected chi connectivity index (χ4v) is 1.71. The molecule has 0 spiro atoms. The van der Waals surface area contributed by atoms with Crippen molar-refractivity contribution in [1.29, 1.82) is 0 Å². The van der Waals surface area contributed by atoms with Crippen molar-refractivity contribution in [2.24, 2.45) is 5.73 Å². The highest BCUT2D eigenvalue weighted by atomic mass is 35.5. The van der Waals surface area contributed by atoms with Crippen LogP contribution in [-0.4, -0.2) is 26.2 Å². The molecule has 1 aromatic carbocycles. The molecule has 19 heavy (non-hydrogen) atoms. The summed E-state index contributed by atoms with van der Waals surface area (Å²) < 4.78 is 62.9. The van der Waals surface area contributed by atoms with Crippen molar-refractivity contribution in [2.75, 3.05) is 19.0 Å². The highest BCUT2D eigenvalue weighted by Gasteiger charge is 2.62. The molecule has 0 unspecified atom stereocenters. The molecular weight excluding hydrogens is 291 g/mol. The van der Waals surface area contributed by atoms with Crippen molar-refractivity contribution in [3.63, 3.8) is 0 Å². The lowest BCUT2D eigenvalue weighted by Crippen LogP contribution is -2.45. The first kappa shape index (κ1) is 16.0. The molecule has 2 nitrogen and oxygen atoms in total. The van der Waals surface area contributed by atoms with Crippen molar-refractivity contribution >= 4 is 17.3 Å². The number of hydrogen-bond donors (Lipinski definition) is 1. The number of halogens is 6. The van der Waals surface area contributed by atoms with Crippen LogP contribution in [0.1, 0.15) is 11.6 Å². The summed E-state index contributed by atoms with van der Waals surface area (Å²) in [4.78, 5) is 1.63. The SMILES string of the molecule is CN(C)c1ccc([C@H](N)C(F)(F)C(F)(F)F)c(Cl)c1. The molecule has 0 heterocycles. The van der Waals surface area contributed by atoms with E-state index in [1.807, 2.05) is 0 Å². The molecule has 0 fully saturated rings. The first-order chi connectivity index (χ1) is 8.48. The van der Waals surface area contributed by atoms with Crippen LogP contribution >= 0.6 is 11.6 Å². The van der Waals surface area contributed by atoms with Crippen molar-refractivity contribution in [2.45, 2.75) is 18.1 Å². The first-order valence-corrected chi connectivity index (χ1v) is 5.53. The Labute approximate surface area is 111 Å². The topological polar surface area (TPSA) is 29.3 Å². The maximum absolute atomic E-state index is 13.1. The Hall–Kier alpha value is -1.08. The Morgan fingerprint density at radius 2 is 1.68 bits per heavy atom. The van der Waals surface area contributed by atoms with E-state index in [9.17, 15) is 22.0 Å². The van der Waals surface area contributed by atoms with Crippen LogP contribution in [0.2, 0.25) is 5.02 Å². The number of alkyl halides is 5. The van der Waals surface area contributed by atoms with E-state index in [1.165, 1.54) is 12.1 Å². The third kappa shape index (κ3) is 3.09. The fourth-order valence-electron chi connectivity index (χ4n) is 1.42. The van der Waals surface area contributed by atoms with Crippen molar-refractivity contribution < 1.29 is 22.0 Å². The summed E-state index contributed by atoms with van der Waals surface area (Å²) in [5.41, 5.74) is 5.13. The Kier molecular flexibility index (Phi) is 4.31. The highest BCUT2D eigenvalue weighted by molar-refractivity contribution is 6.31. The van der Waals surface area contributed by atoms with Crippen LogP contribution in [0.15, 0.2) is 18.2 Å². The van der Waals surface area contributed by atoms with E-state index in [0.29, 0.717) is 5.69 Å². The van der Waals surface area contributed by atoms with E-state index in [1.54, 1.807) is 19.0 Å². The van der Waals surface area contributed by atoms with E-state index in [2.05, 4.69) is 0 Å². The summed E-state index contributed by atoms with van der Waals surface area (Å²) in [6.45, 7) is 0. The van der Waals surface area contributed by atoms with Gasteiger partial charge < -0.3 is 10.6 Å². The second-order valence-electron chi connectivity index (χ2n) is 4.20. The largest absolute Gasteiger partial charge is 0.455 e. The van der Waals surface area contributed by atoms with Crippen LogP contribution in [0.4, 0.5) is 27.6 Å². The van der Waals surface area contributed by atoms with Crippen LogP contribution in [0.5, 0.6) is 0 Å². The minimum Gasteiger partial charge on any atom is -0.378 e. The molecule has 0 aliphatic heterocycles. The number of rotatable bonds is 3. The van der Waals surface area contributed by atoms with E-state index < -0.39 is 23.7 Å². The van der Waals surface area contributed by atoms with Crippen molar-refractivity contribution in [3.05, 3.63) is 28.8 Å². The number of nitrogens with two attached hydrogens (primary N) is 1. The maximum atomic E-state index is 13.1. The standard InChI is InChI=1S/C11H12ClF5N2/c1-19(2)6-3-4-7(8(12)5-6)9(18)10(13,14)11(15,16)17/h3-5,9H,18H2,1-2H3/t9-/m0/s1. The molecule has 0 radical (unpaired) electrons. The van der Waals surface area contributed by atoms with Gasteiger partial charge in [-0.2, -0.15) is 22.0 Å². The quantitative estimate of drug-likeness (QED) is 0.864. The van der Waals surface area contributed by atoms with Gasteiger partial charge in [-0.1, -0.05) is 17.7 Å². The predicted octanol–water partition coefficient (Wildman–Crippen LogP) is 3.60. The van der Waals surface area contributed by atoms with E-state index in [-0.39, 0.29) is 5.02 Å². The Balaban J connectivity index is 3.18. The Morgan fingerprint density at radius 1 is 1.16 bits per heavy atom. The van der Waals surface area contributed by atoms with Gasteiger partial charge in [0.25, 0.3) is 0 Å². The monoisotopic (exact) mass is 302 g/mol. The number of nitrogens with zero attached hydrogens (tertiary/aromatic N) is 1. The van der Waals surface area contributed by atoms with Gasteiger partial charge in [0.15, 0.2) is 0 Å². The van der Waals surface area contributed by atoms with Gasteiger partial charge in [-0.15, -0.1) is 0 Å². The predicted molar refractivity (Wildman–Crippen MR) is 63.7 cm³/mol. The van der Waals surface area contributed by atoms with Crippen LogP contribution in [-0.2, 0) is 0 Å². The third-order valence-electron chi connectivity index (χ3n) is 2.60. The fraction of sp³-hybridized carbons (Fsp3) is 0.455. The lowest BCUT2D eigenvalue weighted by Gasteiger charge is -2.27. The molecule has 1 aromatic rings. The molecule has 0 aliphatic rings. The summed E-state index contributed by atoms with van der Waals surface area (Å²) in [6.07, 6.45) is -5.73. The maximum Gasteiger partial charge on any atom is 0.455 e. The molecule has 0 saturated carbocycles. The lowest BCUT2D eigenvalue weighted by atomic mass is 10.0. The van der Waals surface area contributed by atoms with Crippen LogP contribution < -0.4 is 10.6 Å². The molecule has 1 rings (SSSR count). The second kappa shape index (κ2) is 5.13. The average Bonchev–Trinajstić information content (AvgIpc) is 2.26. The zero-order valence-corrected chi connectivity index (χ0v) is 10.9. The van der Waals surface area contributed by atoms with Gasteiger partial charge in [0, 0.05) is 24.8 Å². The average molecular weight is 303 g/mol. The third-order valence-corrected chi connectivity index (χ3v) is 2.93. The molecule has 0 bridgehead atoms. The Morgan fingerprint density at radius 3 is 2.05 bits per heavy atom. The zero-order chi connectivity index (χ0) is 15.0. The van der Waals surface area contributed by atoms with Crippen molar-refractivity contribution in [1.82, 2.24) is 0 Å². The van der Waals surface area contributed by atoms with Gasteiger partial charge in [-0.3, -0.25) is 0 Å². The molecule has 108 valence electrons. The van der Waals surface area contributed by atoms with Crippen LogP contribution in [0.25, 0.3) is 0 Å². The minimum atomic E-state index is -5.73. The highest BCUT2D eigenvalue weighted by Crippen LogP contribution is 2.44. The van der Waals surface area contributed by atoms with Crippen LogP contribution in [0, 0.1) is 0 Å². The molecule has 2 N–H and O–H groups in total. The summed E-state index contributed by atoms with van der Waals surface area (Å²) >= 11 is 5.72. The summed E-state index contributed by atoms with van der Waals surface area (Å²) in [5, 5.41) is -0.234.